The van der Waals surface area contributed by atoms with Crippen LogP contribution in [-0.4, -0.2) is 4.57 Å². The molecular weight excluding hydrogens is 595 g/mol. The maximum Gasteiger partial charge on any atom is 0.0541 e. The van der Waals surface area contributed by atoms with Gasteiger partial charge in [-0.25, -0.2) is 0 Å². The van der Waals surface area contributed by atoms with Gasteiger partial charge < -0.3 is 4.57 Å². The molecule has 3 heterocycles. The number of para-hydroxylation sites is 2. The second-order valence-corrected chi connectivity index (χ2v) is 14.6. The van der Waals surface area contributed by atoms with E-state index in [4.69, 9.17) is 0 Å². The highest BCUT2D eigenvalue weighted by molar-refractivity contribution is 7.28. The Morgan fingerprint density at radius 3 is 1.57 bits per heavy atom. The first-order valence-corrected chi connectivity index (χ1v) is 17.4. The van der Waals surface area contributed by atoms with Crippen molar-refractivity contribution >= 4 is 84.8 Å². The van der Waals surface area contributed by atoms with Crippen LogP contribution < -0.4 is 0 Å². The summed E-state index contributed by atoms with van der Waals surface area (Å²) in [4.78, 5) is 0. The zero-order valence-electron chi connectivity index (χ0n) is 24.7. The fraction of sp³-hybridized carbons (Fsp3) is 0.0233. The zero-order chi connectivity index (χ0) is 29.9. The summed E-state index contributed by atoms with van der Waals surface area (Å²) in [6.45, 7) is 0. The van der Waals surface area contributed by atoms with Crippen molar-refractivity contribution in [2.75, 3.05) is 0 Å². The molecule has 0 radical (unpaired) electrons. The molecular formula is C43H25NS2. The van der Waals surface area contributed by atoms with Crippen LogP contribution in [0.25, 0.3) is 79.0 Å². The number of fused-ring (bicyclic) bond motifs is 12. The quantitative estimate of drug-likeness (QED) is 0.181. The van der Waals surface area contributed by atoms with Crippen molar-refractivity contribution in [1.29, 1.82) is 0 Å². The van der Waals surface area contributed by atoms with Crippen LogP contribution in [-0.2, 0) is 0 Å². The lowest BCUT2D eigenvalue weighted by atomic mass is 9.88. The molecule has 1 aliphatic rings. The predicted octanol–water partition coefficient (Wildman–Crippen LogP) is 12.7. The largest absolute Gasteiger partial charge is 0.309 e. The molecule has 1 nitrogen and oxygen atoms in total. The monoisotopic (exact) mass is 619 g/mol. The van der Waals surface area contributed by atoms with Crippen molar-refractivity contribution < 1.29 is 0 Å². The molecule has 11 rings (SSSR count). The molecule has 10 aromatic rings. The molecule has 0 aliphatic heterocycles. The minimum atomic E-state index is 0.256. The van der Waals surface area contributed by atoms with E-state index in [0.717, 1.165) is 0 Å². The lowest BCUT2D eigenvalue weighted by Gasteiger charge is -2.14. The molecule has 0 bridgehead atoms. The van der Waals surface area contributed by atoms with Gasteiger partial charge in [0, 0.05) is 62.7 Å². The normalized spacial score (nSPS) is 13.1. The smallest absolute Gasteiger partial charge is 0.0541 e. The third-order valence-electron chi connectivity index (χ3n) is 10.1. The van der Waals surface area contributed by atoms with Crippen LogP contribution in [0.2, 0.25) is 0 Å². The van der Waals surface area contributed by atoms with Gasteiger partial charge in [0.2, 0.25) is 0 Å². The van der Waals surface area contributed by atoms with Crippen LogP contribution in [0, 0.1) is 0 Å². The molecule has 0 saturated carbocycles. The first-order chi connectivity index (χ1) is 22.8. The molecule has 3 aromatic heterocycles. The van der Waals surface area contributed by atoms with E-state index in [-0.39, 0.29) is 5.92 Å². The molecule has 7 aromatic carbocycles. The summed E-state index contributed by atoms with van der Waals surface area (Å²) in [6, 6.07) is 54.5. The topological polar surface area (TPSA) is 4.93 Å². The molecule has 0 N–H and O–H groups in total. The first-order valence-electron chi connectivity index (χ1n) is 15.8. The van der Waals surface area contributed by atoms with Crippen LogP contribution in [0.1, 0.15) is 22.6 Å². The average molecular weight is 620 g/mol. The molecule has 3 heteroatoms. The number of aromatic nitrogens is 1. The van der Waals surface area contributed by atoms with Gasteiger partial charge in [0.15, 0.2) is 0 Å². The Bertz CT molecular complexity index is 2780. The lowest BCUT2D eigenvalue weighted by Crippen LogP contribution is -1.98. The number of nitrogens with zero attached hydrogens (tertiary/aromatic N) is 1. The minimum absolute atomic E-state index is 0.256. The molecule has 0 amide bonds. The predicted molar refractivity (Wildman–Crippen MR) is 199 cm³/mol. The van der Waals surface area contributed by atoms with E-state index >= 15 is 0 Å². The summed E-state index contributed by atoms with van der Waals surface area (Å²) in [5.74, 6) is 0.256. The first kappa shape index (κ1) is 25.0. The van der Waals surface area contributed by atoms with Crippen molar-refractivity contribution in [3.05, 3.63) is 162 Å². The van der Waals surface area contributed by atoms with Gasteiger partial charge in [-0.3, -0.25) is 0 Å². The Hall–Kier alpha value is -5.22. The molecule has 1 aliphatic carbocycles. The zero-order valence-corrected chi connectivity index (χ0v) is 26.3. The third kappa shape index (κ3) is 3.34. The highest BCUT2D eigenvalue weighted by atomic mass is 32.1. The van der Waals surface area contributed by atoms with Gasteiger partial charge in [-0.1, -0.05) is 91.0 Å². The summed E-state index contributed by atoms with van der Waals surface area (Å²) in [6.07, 6.45) is 0. The van der Waals surface area contributed by atoms with Crippen molar-refractivity contribution in [3.8, 4) is 16.8 Å². The van der Waals surface area contributed by atoms with E-state index in [1.54, 1.807) is 0 Å². The van der Waals surface area contributed by atoms with E-state index in [2.05, 4.69) is 150 Å². The average Bonchev–Trinajstić information content (AvgIpc) is 3.84. The Morgan fingerprint density at radius 1 is 0.391 bits per heavy atom. The van der Waals surface area contributed by atoms with Crippen LogP contribution >= 0.6 is 22.7 Å². The fourth-order valence-electron chi connectivity index (χ4n) is 8.09. The van der Waals surface area contributed by atoms with Crippen LogP contribution in [0.3, 0.4) is 0 Å². The summed E-state index contributed by atoms with van der Waals surface area (Å²) in [5.41, 5.74) is 10.6. The van der Waals surface area contributed by atoms with Crippen molar-refractivity contribution in [2.24, 2.45) is 0 Å². The molecule has 0 spiro atoms. The third-order valence-corrected chi connectivity index (χ3v) is 12.3. The molecule has 0 fully saturated rings. The van der Waals surface area contributed by atoms with E-state index in [1.165, 1.54) is 95.7 Å². The van der Waals surface area contributed by atoms with E-state index in [9.17, 15) is 0 Å². The van der Waals surface area contributed by atoms with Crippen LogP contribution in [0.15, 0.2) is 146 Å². The number of thiophene rings is 2. The van der Waals surface area contributed by atoms with Crippen LogP contribution in [0.5, 0.6) is 0 Å². The number of hydrogen-bond acceptors (Lipinski definition) is 2. The maximum atomic E-state index is 2.47. The second-order valence-electron chi connectivity index (χ2n) is 12.5. The SMILES string of the molecule is c1ccc2c(c1)-c1ccccc1C2c1ccc2sc3cc4sc5ccc(-n6c7ccccc7c7ccccc76)cc5c4cc3c2c1. The fourth-order valence-corrected chi connectivity index (χ4v) is 10.4. The Morgan fingerprint density at radius 2 is 0.913 bits per heavy atom. The van der Waals surface area contributed by atoms with Crippen molar-refractivity contribution in [1.82, 2.24) is 4.57 Å². The summed E-state index contributed by atoms with van der Waals surface area (Å²) >= 11 is 3.82. The Labute approximate surface area is 273 Å². The molecule has 46 heavy (non-hydrogen) atoms. The summed E-state index contributed by atoms with van der Waals surface area (Å²) < 4.78 is 7.83. The highest BCUT2D eigenvalue weighted by Gasteiger charge is 2.29. The van der Waals surface area contributed by atoms with E-state index in [1.807, 2.05) is 22.7 Å². The summed E-state index contributed by atoms with van der Waals surface area (Å²) in [5, 5.41) is 7.98. The van der Waals surface area contributed by atoms with Gasteiger partial charge in [-0.2, -0.15) is 0 Å². The van der Waals surface area contributed by atoms with Crippen molar-refractivity contribution in [3.63, 3.8) is 0 Å². The second kappa shape index (κ2) is 9.17. The Balaban J connectivity index is 1.13. The molecule has 0 unspecified atom stereocenters. The van der Waals surface area contributed by atoms with E-state index < -0.39 is 0 Å². The van der Waals surface area contributed by atoms with Gasteiger partial charge in [0.1, 0.15) is 0 Å². The maximum absolute atomic E-state index is 2.47. The van der Waals surface area contributed by atoms with Gasteiger partial charge in [0.05, 0.1) is 11.0 Å². The number of rotatable bonds is 2. The van der Waals surface area contributed by atoms with Crippen LogP contribution in [0.4, 0.5) is 0 Å². The van der Waals surface area contributed by atoms with Gasteiger partial charge in [0.25, 0.3) is 0 Å². The summed E-state index contributed by atoms with van der Waals surface area (Å²) in [7, 11) is 0. The number of hydrogen-bond donors (Lipinski definition) is 0. The highest BCUT2D eigenvalue weighted by Crippen LogP contribution is 2.49. The Kier molecular flexibility index (Phi) is 4.99. The van der Waals surface area contributed by atoms with Gasteiger partial charge in [-0.15, -0.1) is 22.7 Å². The van der Waals surface area contributed by atoms with Gasteiger partial charge in [-0.05, 0) is 82.4 Å². The lowest BCUT2D eigenvalue weighted by molar-refractivity contribution is 1.02. The minimum Gasteiger partial charge on any atom is -0.309 e. The molecule has 214 valence electrons. The molecule has 0 atom stereocenters. The molecule has 0 saturated heterocycles. The van der Waals surface area contributed by atoms with Gasteiger partial charge >= 0.3 is 0 Å². The standard InChI is InChI=1S/C43H25NS2/c1-3-13-31-27(9-1)28-10-2-4-14-32(28)43(31)25-17-19-39-33(21-25)35-23-36-34-22-26(18-20-40(34)46-42(36)24-41(35)45-39)44-37-15-7-5-11-29(37)30-12-6-8-16-38(30)44/h1-24,43H. The van der Waals surface area contributed by atoms with Crippen molar-refractivity contribution in [2.45, 2.75) is 5.92 Å². The number of benzene rings is 7. The van der Waals surface area contributed by atoms with E-state index in [0.29, 0.717) is 0 Å².